The quantitative estimate of drug-likeness (QED) is 0.0658. The van der Waals surface area contributed by atoms with Crippen molar-refractivity contribution in [3.05, 3.63) is 145 Å². The van der Waals surface area contributed by atoms with Crippen LogP contribution < -0.4 is 22.5 Å². The normalized spacial score (nSPS) is 10.9. The van der Waals surface area contributed by atoms with Crippen LogP contribution in [0.2, 0.25) is 0 Å². The van der Waals surface area contributed by atoms with Crippen molar-refractivity contribution in [1.29, 1.82) is 0 Å². The molecule has 0 saturated heterocycles. The van der Waals surface area contributed by atoms with Gasteiger partial charge in [-0.15, -0.1) is 0 Å². The van der Waals surface area contributed by atoms with Gasteiger partial charge in [0, 0.05) is 71.6 Å². The number of nitrogens with two attached hydrogens (primary N) is 3. The van der Waals surface area contributed by atoms with Gasteiger partial charge in [0.25, 0.3) is 5.91 Å². The van der Waals surface area contributed by atoms with Crippen LogP contribution in [0.5, 0.6) is 0 Å². The Morgan fingerprint density at radius 3 is 1.40 bits per heavy atom. The number of nitrogens with one attached hydrogen (secondary N) is 1. The first-order chi connectivity index (χ1) is 32.6. The van der Waals surface area contributed by atoms with E-state index < -0.39 is 5.97 Å². The van der Waals surface area contributed by atoms with Gasteiger partial charge in [0.15, 0.2) is 23.0 Å². The van der Waals surface area contributed by atoms with Crippen molar-refractivity contribution in [2.45, 2.75) is 27.7 Å². The number of benzene rings is 4. The number of anilines is 2. The van der Waals surface area contributed by atoms with Gasteiger partial charge >= 0.3 is 5.97 Å². The summed E-state index contributed by atoms with van der Waals surface area (Å²) >= 11 is 0. The Balaban J connectivity index is 0.000000194. The molecule has 0 radical (unpaired) electrons. The fraction of sp³-hybridized carbons (Fsp3) is 0.231. The number of aromatic nitrogens is 6. The van der Waals surface area contributed by atoms with Crippen LogP contribution in [-0.2, 0) is 0 Å². The summed E-state index contributed by atoms with van der Waals surface area (Å²) in [7, 11) is 0. The number of amides is 1. The number of carbonyl (C=O) groups excluding carboxylic acids is 1. The average molecular weight is 899 g/mol. The molecule has 15 heteroatoms. The predicted molar refractivity (Wildman–Crippen MR) is 269 cm³/mol. The second kappa shape index (κ2) is 24.0. The number of aromatic carboxylic acids is 1. The molecular weight excluding hydrogens is 841 g/mol. The Kier molecular flexibility index (Phi) is 17.4. The summed E-state index contributed by atoms with van der Waals surface area (Å²) in [4.78, 5) is 55.7. The monoisotopic (exact) mass is 898 g/mol. The van der Waals surface area contributed by atoms with Crippen LogP contribution in [0.25, 0.3) is 66.8 Å². The van der Waals surface area contributed by atoms with E-state index in [4.69, 9.17) is 22.2 Å². The van der Waals surface area contributed by atoms with Crippen molar-refractivity contribution in [1.82, 2.24) is 45.0 Å². The van der Waals surface area contributed by atoms with Crippen molar-refractivity contribution in [2.24, 2.45) is 5.73 Å². The van der Waals surface area contributed by atoms with Crippen molar-refractivity contribution >= 4 is 45.3 Å². The number of nitrogens with zero attached hydrogens (tertiary/aromatic N) is 8. The summed E-state index contributed by atoms with van der Waals surface area (Å²) in [5.74, 6) is -1.53. The summed E-state index contributed by atoms with van der Waals surface area (Å²) in [6.07, 6.45) is 3.49. The first-order valence-electron chi connectivity index (χ1n) is 22.4. The Labute approximate surface area is 391 Å². The number of carboxylic acids is 1. The van der Waals surface area contributed by atoms with Crippen LogP contribution in [0.4, 0.5) is 11.6 Å². The zero-order valence-corrected chi connectivity index (χ0v) is 38.4. The third kappa shape index (κ3) is 12.6. The van der Waals surface area contributed by atoms with Gasteiger partial charge < -0.3 is 37.4 Å². The first-order valence-corrected chi connectivity index (χ1v) is 22.4. The fourth-order valence-corrected chi connectivity index (χ4v) is 7.34. The van der Waals surface area contributed by atoms with Crippen molar-refractivity contribution in [3.63, 3.8) is 0 Å². The standard InChI is InChI=1S/C26H28N6O.C20H14N4O2.C6H16N2/c1-3-32(4-2)16-15-29-26(33)24-25(27)31-22(18-9-6-5-7-10-18)23(30-24)20-12-13-21-19(17-20)11-8-14-28-21;21-19-18(20(25)26)23-17(16(24-19)12-5-2-1-3-6-12)14-8-9-15-13(11-14)7-4-10-22-15;1-3-8(4-2)6-5-7/h5-14,17H,3-4,15-16H2,1-2H3,(H2,27,31)(H,29,33);1-11H,(H2,21,24)(H,25,26);3-7H2,1-2H3. The molecule has 0 aliphatic carbocycles. The summed E-state index contributed by atoms with van der Waals surface area (Å²) in [6.45, 7) is 15.7. The molecule has 0 saturated carbocycles. The highest BCUT2D eigenvalue weighted by molar-refractivity contribution is 5.98. The number of hydrogen-bond donors (Lipinski definition) is 5. The maximum absolute atomic E-state index is 12.9. The molecule has 4 heterocycles. The number of carbonyl (C=O) groups is 2. The molecule has 0 fully saturated rings. The van der Waals surface area contributed by atoms with Crippen LogP contribution in [-0.4, -0.2) is 109 Å². The second-order valence-electron chi connectivity index (χ2n) is 15.3. The van der Waals surface area contributed by atoms with E-state index in [9.17, 15) is 14.7 Å². The van der Waals surface area contributed by atoms with Gasteiger partial charge in [-0.2, -0.15) is 0 Å². The molecule has 8 aromatic rings. The van der Waals surface area contributed by atoms with E-state index in [0.717, 1.165) is 89.9 Å². The minimum atomic E-state index is -1.21. The number of fused-ring (bicyclic) bond motifs is 2. The Hall–Kier alpha value is -7.72. The van der Waals surface area contributed by atoms with E-state index in [-0.39, 0.29) is 28.9 Å². The van der Waals surface area contributed by atoms with Gasteiger partial charge in [-0.25, -0.2) is 24.7 Å². The molecule has 15 nitrogen and oxygen atoms in total. The van der Waals surface area contributed by atoms with Gasteiger partial charge in [-0.3, -0.25) is 14.8 Å². The molecule has 1 amide bonds. The molecule has 67 heavy (non-hydrogen) atoms. The van der Waals surface area contributed by atoms with Gasteiger partial charge in [-0.1, -0.05) is 113 Å². The van der Waals surface area contributed by atoms with Gasteiger partial charge in [0.1, 0.15) is 0 Å². The maximum Gasteiger partial charge on any atom is 0.358 e. The van der Waals surface area contributed by atoms with Crippen molar-refractivity contribution < 1.29 is 14.7 Å². The molecule has 0 bridgehead atoms. The predicted octanol–water partition coefficient (Wildman–Crippen LogP) is 7.94. The topological polar surface area (TPSA) is 228 Å². The summed E-state index contributed by atoms with van der Waals surface area (Å²) in [5, 5.41) is 14.2. The third-order valence-corrected chi connectivity index (χ3v) is 11.1. The number of rotatable bonds is 15. The van der Waals surface area contributed by atoms with E-state index in [0.29, 0.717) is 29.3 Å². The lowest BCUT2D eigenvalue weighted by Gasteiger charge is -2.18. The first kappa shape index (κ1) is 48.7. The molecule has 0 spiro atoms. The van der Waals surface area contributed by atoms with Crippen molar-refractivity contribution in [3.8, 4) is 45.0 Å². The molecule has 8 N–H and O–H groups in total. The second-order valence-corrected chi connectivity index (χ2v) is 15.3. The highest BCUT2D eigenvalue weighted by atomic mass is 16.4. The Bertz CT molecular complexity index is 2890. The van der Waals surface area contributed by atoms with Gasteiger partial charge in [0.2, 0.25) is 0 Å². The number of likely N-dealkylation sites (N-methyl/N-ethyl adjacent to an activating group) is 2. The number of nitrogen functional groups attached to an aromatic ring is 2. The number of carboxylic acid groups (broad SMARTS) is 1. The van der Waals surface area contributed by atoms with E-state index in [1.807, 2.05) is 121 Å². The number of hydrogen-bond acceptors (Lipinski definition) is 13. The van der Waals surface area contributed by atoms with Crippen molar-refractivity contribution in [2.75, 3.05) is 63.8 Å². The lowest BCUT2D eigenvalue weighted by Crippen LogP contribution is -2.35. The maximum atomic E-state index is 12.9. The molecular formula is C52H58N12O3. The van der Waals surface area contributed by atoms with Crippen LogP contribution in [0.3, 0.4) is 0 Å². The lowest BCUT2D eigenvalue weighted by atomic mass is 10.0. The highest BCUT2D eigenvalue weighted by Crippen LogP contribution is 2.34. The molecule has 0 atom stereocenters. The minimum Gasteiger partial charge on any atom is -0.476 e. The third-order valence-electron chi connectivity index (χ3n) is 11.1. The molecule has 8 rings (SSSR count). The average Bonchev–Trinajstić information content (AvgIpc) is 3.37. The molecule has 0 aliphatic heterocycles. The zero-order chi connectivity index (χ0) is 47.7. The summed E-state index contributed by atoms with van der Waals surface area (Å²) in [6, 6.07) is 38.4. The molecule has 0 unspecified atom stereocenters. The Morgan fingerprint density at radius 1 is 0.537 bits per heavy atom. The molecule has 344 valence electrons. The highest BCUT2D eigenvalue weighted by Gasteiger charge is 2.21. The molecule has 4 aromatic carbocycles. The summed E-state index contributed by atoms with van der Waals surface area (Å²) < 4.78 is 0. The minimum absolute atomic E-state index is 0.109. The fourth-order valence-electron chi connectivity index (χ4n) is 7.34. The van der Waals surface area contributed by atoms with Crippen LogP contribution in [0.1, 0.15) is 48.7 Å². The van der Waals surface area contributed by atoms with Crippen LogP contribution in [0, 0.1) is 0 Å². The zero-order valence-electron chi connectivity index (χ0n) is 38.4. The SMILES string of the molecule is CCN(CC)CCN.CCN(CC)CCNC(=O)c1nc(-c2ccc3ncccc3c2)c(-c2ccccc2)nc1N.Nc1nc(-c2ccccc2)c(-c2ccc3ncccc3c2)nc1C(=O)O. The molecule has 4 aromatic heterocycles. The van der Waals surface area contributed by atoms with E-state index in [2.05, 4.69) is 67.7 Å². The van der Waals surface area contributed by atoms with Crippen LogP contribution >= 0.6 is 0 Å². The van der Waals surface area contributed by atoms with Gasteiger partial charge in [-0.05, 0) is 62.6 Å². The van der Waals surface area contributed by atoms with Gasteiger partial charge in [0.05, 0.1) is 33.8 Å². The number of pyridine rings is 2. The largest absolute Gasteiger partial charge is 0.476 e. The summed E-state index contributed by atoms with van der Waals surface area (Å²) in [5.41, 5.74) is 24.5. The Morgan fingerprint density at radius 2 is 0.970 bits per heavy atom. The van der Waals surface area contributed by atoms with E-state index in [1.165, 1.54) is 0 Å². The van der Waals surface area contributed by atoms with E-state index >= 15 is 0 Å². The molecule has 0 aliphatic rings. The van der Waals surface area contributed by atoms with Crippen LogP contribution in [0.15, 0.2) is 134 Å². The smallest absolute Gasteiger partial charge is 0.358 e. The lowest BCUT2D eigenvalue weighted by molar-refractivity contribution is 0.0691. The van der Waals surface area contributed by atoms with E-state index in [1.54, 1.807) is 12.4 Å².